The van der Waals surface area contributed by atoms with Gasteiger partial charge in [0.2, 0.25) is 5.91 Å². The third kappa shape index (κ3) is 9.99. The number of anilines is 1. The summed E-state index contributed by atoms with van der Waals surface area (Å²) in [6.07, 6.45) is 1.69. The van der Waals surface area contributed by atoms with Crippen LogP contribution in [0, 0.1) is 20.8 Å². The third-order valence-electron chi connectivity index (χ3n) is 7.48. The van der Waals surface area contributed by atoms with E-state index in [1.807, 2.05) is 32.0 Å². The smallest absolute Gasteiger partial charge is 0.408 e. The Balaban J connectivity index is 2.13. The van der Waals surface area contributed by atoms with Gasteiger partial charge in [-0.2, -0.15) is 0 Å². The van der Waals surface area contributed by atoms with Crippen LogP contribution in [0.1, 0.15) is 80.8 Å². The Hall–Kier alpha value is -4.53. The van der Waals surface area contributed by atoms with E-state index in [0.717, 1.165) is 24.0 Å². The maximum atomic E-state index is 14.6. The van der Waals surface area contributed by atoms with Crippen molar-refractivity contribution in [2.24, 2.45) is 0 Å². The number of ether oxygens (including phenoxy) is 1. The van der Waals surface area contributed by atoms with Crippen LogP contribution in [0.25, 0.3) is 0 Å². The highest BCUT2D eigenvalue weighted by Crippen LogP contribution is 2.30. The molecule has 45 heavy (non-hydrogen) atoms. The van der Waals surface area contributed by atoms with E-state index < -0.39 is 35.6 Å². The second kappa shape index (κ2) is 15.5. The van der Waals surface area contributed by atoms with Gasteiger partial charge in [0.25, 0.3) is 5.91 Å². The van der Waals surface area contributed by atoms with Crippen LogP contribution in [0.2, 0.25) is 0 Å². The molecule has 0 aliphatic carbocycles. The normalized spacial score (nSPS) is 12.6. The van der Waals surface area contributed by atoms with E-state index in [9.17, 15) is 24.6 Å². The molecule has 3 rings (SSSR count). The van der Waals surface area contributed by atoms with Crippen molar-refractivity contribution in [3.8, 4) is 11.5 Å². The zero-order valence-corrected chi connectivity index (χ0v) is 27.4. The van der Waals surface area contributed by atoms with Gasteiger partial charge in [-0.1, -0.05) is 56.2 Å². The number of aromatic hydroxyl groups is 2. The molecule has 0 saturated carbocycles. The number of phenols is 2. The molecule has 0 heterocycles. The molecule has 242 valence electrons. The van der Waals surface area contributed by atoms with Crippen molar-refractivity contribution in [2.75, 3.05) is 11.9 Å². The fourth-order valence-corrected chi connectivity index (χ4v) is 5.14. The number of aryl methyl sites for hydroxylation is 3. The van der Waals surface area contributed by atoms with Crippen LogP contribution in [0.4, 0.5) is 10.5 Å². The van der Waals surface area contributed by atoms with Gasteiger partial charge in [0.1, 0.15) is 29.2 Å². The third-order valence-corrected chi connectivity index (χ3v) is 7.48. The Bertz CT molecular complexity index is 1460. The first-order chi connectivity index (χ1) is 21.2. The first-order valence-electron chi connectivity index (χ1n) is 15.4. The number of nitrogens with zero attached hydrogens (tertiary/aromatic N) is 1. The Morgan fingerprint density at radius 2 is 1.53 bits per heavy atom. The first kappa shape index (κ1) is 35.0. The maximum absolute atomic E-state index is 14.6. The molecule has 0 aliphatic heterocycles. The predicted molar refractivity (Wildman–Crippen MR) is 176 cm³/mol. The summed E-state index contributed by atoms with van der Waals surface area (Å²) in [5.74, 6) is -0.720. The van der Waals surface area contributed by atoms with Gasteiger partial charge in [0.15, 0.2) is 0 Å². The van der Waals surface area contributed by atoms with Crippen molar-refractivity contribution in [3.63, 3.8) is 0 Å². The standard InChI is InChI=1S/C36H47N3O6/c1-8-9-10-20-39(34(43)29(37-35(44)45-36(5,6)7)22-26-14-17-28(40)18-15-26)32(27-16-19-30(41)25(4)21-27)33(42)38-31-23(2)12-11-13-24(31)3/h11-19,21,29,32,40-41H,8-10,20,22H2,1-7H3,(H,37,44)(H,38,42). The predicted octanol–water partition coefficient (Wildman–Crippen LogP) is 6.86. The van der Waals surface area contributed by atoms with E-state index in [-0.39, 0.29) is 24.5 Å². The number of hydrogen-bond donors (Lipinski definition) is 4. The van der Waals surface area contributed by atoms with Crippen LogP contribution in [-0.2, 0) is 20.7 Å². The molecule has 0 saturated heterocycles. The number of unbranched alkanes of at least 4 members (excludes halogenated alkanes) is 2. The van der Waals surface area contributed by atoms with E-state index in [0.29, 0.717) is 28.8 Å². The number of benzene rings is 3. The van der Waals surface area contributed by atoms with Gasteiger partial charge in [-0.3, -0.25) is 9.59 Å². The number of nitrogens with one attached hydrogen (secondary N) is 2. The van der Waals surface area contributed by atoms with Crippen molar-refractivity contribution in [3.05, 3.63) is 88.5 Å². The topological polar surface area (TPSA) is 128 Å². The van der Waals surface area contributed by atoms with Crippen LogP contribution >= 0.6 is 0 Å². The molecule has 0 spiro atoms. The SMILES string of the molecule is CCCCCN(C(=O)C(Cc1ccc(O)cc1)NC(=O)OC(C)(C)C)C(C(=O)Nc1c(C)cccc1C)c1ccc(O)c(C)c1. The minimum atomic E-state index is -1.08. The monoisotopic (exact) mass is 617 g/mol. The van der Waals surface area contributed by atoms with Gasteiger partial charge in [-0.25, -0.2) is 4.79 Å². The number of para-hydroxylation sites is 1. The summed E-state index contributed by atoms with van der Waals surface area (Å²) in [5.41, 5.74) is 3.41. The fourth-order valence-electron chi connectivity index (χ4n) is 5.14. The number of carbonyl (C=O) groups is 3. The van der Waals surface area contributed by atoms with Gasteiger partial charge in [-0.15, -0.1) is 0 Å². The molecule has 2 unspecified atom stereocenters. The van der Waals surface area contributed by atoms with E-state index in [2.05, 4.69) is 17.6 Å². The summed E-state index contributed by atoms with van der Waals surface area (Å²) in [7, 11) is 0. The molecular formula is C36H47N3O6. The van der Waals surface area contributed by atoms with Gasteiger partial charge in [-0.05, 0) is 100 Å². The number of alkyl carbamates (subject to hydrolysis) is 1. The molecule has 9 nitrogen and oxygen atoms in total. The lowest BCUT2D eigenvalue weighted by Crippen LogP contribution is -2.53. The molecule has 0 radical (unpaired) electrons. The van der Waals surface area contributed by atoms with Crippen molar-refractivity contribution < 1.29 is 29.3 Å². The molecular weight excluding hydrogens is 570 g/mol. The van der Waals surface area contributed by atoms with E-state index in [1.54, 1.807) is 52.0 Å². The zero-order chi connectivity index (χ0) is 33.3. The van der Waals surface area contributed by atoms with E-state index in [4.69, 9.17) is 4.74 Å². The van der Waals surface area contributed by atoms with Gasteiger partial charge in [0, 0.05) is 18.7 Å². The average Bonchev–Trinajstić information content (AvgIpc) is 2.96. The second-order valence-corrected chi connectivity index (χ2v) is 12.5. The molecule has 9 heteroatoms. The molecule has 2 atom stereocenters. The fraction of sp³-hybridized carbons (Fsp3) is 0.417. The lowest BCUT2D eigenvalue weighted by atomic mass is 9.98. The summed E-state index contributed by atoms with van der Waals surface area (Å²) in [4.78, 5) is 43.5. The zero-order valence-electron chi connectivity index (χ0n) is 27.4. The lowest BCUT2D eigenvalue weighted by molar-refractivity contribution is -0.140. The molecule has 0 aliphatic rings. The van der Waals surface area contributed by atoms with Gasteiger partial charge < -0.3 is 30.5 Å². The van der Waals surface area contributed by atoms with Crippen molar-refractivity contribution >= 4 is 23.6 Å². The quantitative estimate of drug-likeness (QED) is 0.165. The number of phenolic OH excluding ortho intramolecular Hbond substituents is 2. The highest BCUT2D eigenvalue weighted by Gasteiger charge is 2.37. The Morgan fingerprint density at radius 3 is 2.11 bits per heavy atom. The maximum Gasteiger partial charge on any atom is 0.408 e. The van der Waals surface area contributed by atoms with Crippen molar-refractivity contribution in [1.29, 1.82) is 0 Å². The number of carbonyl (C=O) groups excluding carboxylic acids is 3. The molecule has 4 N–H and O–H groups in total. The molecule has 3 aromatic rings. The Labute approximate surface area is 266 Å². The van der Waals surface area contributed by atoms with Gasteiger partial charge in [0.05, 0.1) is 0 Å². The number of rotatable bonds is 12. The summed E-state index contributed by atoms with van der Waals surface area (Å²) < 4.78 is 5.51. The summed E-state index contributed by atoms with van der Waals surface area (Å²) in [5, 5.41) is 25.9. The molecule has 0 aromatic heterocycles. The molecule has 3 amide bonds. The highest BCUT2D eigenvalue weighted by molar-refractivity contribution is 6.00. The largest absolute Gasteiger partial charge is 0.508 e. The van der Waals surface area contributed by atoms with E-state index in [1.165, 1.54) is 23.1 Å². The summed E-state index contributed by atoms with van der Waals surface area (Å²) in [6.45, 7) is 13.1. The van der Waals surface area contributed by atoms with Crippen LogP contribution in [0.15, 0.2) is 60.7 Å². The van der Waals surface area contributed by atoms with Crippen LogP contribution in [0.5, 0.6) is 11.5 Å². The van der Waals surface area contributed by atoms with Crippen LogP contribution in [-0.4, -0.2) is 51.2 Å². The lowest BCUT2D eigenvalue weighted by Gasteiger charge is -2.35. The first-order valence-corrected chi connectivity index (χ1v) is 15.4. The Kier molecular flexibility index (Phi) is 12.0. The number of hydrogen-bond acceptors (Lipinski definition) is 6. The molecule has 0 fully saturated rings. The Morgan fingerprint density at radius 1 is 0.889 bits per heavy atom. The van der Waals surface area contributed by atoms with Crippen molar-refractivity contribution in [1.82, 2.24) is 10.2 Å². The molecule has 0 bridgehead atoms. The highest BCUT2D eigenvalue weighted by atomic mass is 16.6. The average molecular weight is 618 g/mol. The summed E-state index contributed by atoms with van der Waals surface area (Å²) in [6, 6.07) is 14.8. The van der Waals surface area contributed by atoms with Gasteiger partial charge >= 0.3 is 6.09 Å². The number of amides is 3. The van der Waals surface area contributed by atoms with Crippen molar-refractivity contribution in [2.45, 2.75) is 91.8 Å². The minimum absolute atomic E-state index is 0.0771. The van der Waals surface area contributed by atoms with E-state index >= 15 is 0 Å². The van der Waals surface area contributed by atoms with Crippen LogP contribution in [0.3, 0.4) is 0 Å². The van der Waals surface area contributed by atoms with Crippen LogP contribution < -0.4 is 10.6 Å². The minimum Gasteiger partial charge on any atom is -0.508 e. The second-order valence-electron chi connectivity index (χ2n) is 12.5. The summed E-state index contributed by atoms with van der Waals surface area (Å²) >= 11 is 0. The molecule has 3 aromatic carbocycles.